The van der Waals surface area contributed by atoms with Crippen LogP contribution < -0.4 is 19.5 Å². The first-order valence-corrected chi connectivity index (χ1v) is 9.83. The Morgan fingerprint density at radius 1 is 1.07 bits per heavy atom. The van der Waals surface area contributed by atoms with Gasteiger partial charge in [-0.1, -0.05) is 12.1 Å². The van der Waals surface area contributed by atoms with Crippen LogP contribution in [0.25, 0.3) is 0 Å². The minimum atomic E-state index is -4.03. The van der Waals surface area contributed by atoms with Crippen LogP contribution in [0, 0.1) is 0 Å². The summed E-state index contributed by atoms with van der Waals surface area (Å²) in [5.74, 6) is 0.184. The Kier molecular flexibility index (Phi) is 5.45. The Labute approximate surface area is 157 Å². The normalized spacial score (nSPS) is 13.4. The molecular weight excluding hydrogens is 372 g/mol. The molecule has 2 N–H and O–H groups in total. The first-order valence-electron chi connectivity index (χ1n) is 8.34. The number of rotatable bonds is 5. The molecule has 0 atom stereocenters. The van der Waals surface area contributed by atoms with E-state index in [0.717, 1.165) is 30.4 Å². The first kappa shape index (κ1) is 18.9. The summed E-state index contributed by atoms with van der Waals surface area (Å²) in [5, 5.41) is 2.29. The maximum absolute atomic E-state index is 12.7. The molecule has 1 heterocycles. The van der Waals surface area contributed by atoms with Crippen molar-refractivity contribution in [3.8, 4) is 11.8 Å². The molecule has 0 radical (unpaired) electrons. The van der Waals surface area contributed by atoms with E-state index in [9.17, 15) is 13.2 Å². The monoisotopic (exact) mass is 392 g/mol. The molecule has 1 aliphatic carbocycles. The van der Waals surface area contributed by atoms with E-state index in [4.69, 9.17) is 9.47 Å². The lowest BCUT2D eigenvalue weighted by Crippen LogP contribution is -2.35. The lowest BCUT2D eigenvalue weighted by atomic mass is 9.92. The largest absolute Gasteiger partial charge is 0.481 e. The maximum Gasteiger partial charge on any atom is 0.335 e. The fourth-order valence-electron chi connectivity index (χ4n) is 2.97. The van der Waals surface area contributed by atoms with Gasteiger partial charge in [0.05, 0.1) is 25.2 Å². The van der Waals surface area contributed by atoms with E-state index in [-0.39, 0.29) is 22.6 Å². The third-order valence-electron chi connectivity index (χ3n) is 4.19. The Hall–Kier alpha value is -2.88. The van der Waals surface area contributed by atoms with E-state index in [1.807, 2.05) is 10.8 Å². The van der Waals surface area contributed by atoms with Gasteiger partial charge in [0, 0.05) is 0 Å². The second kappa shape index (κ2) is 7.78. The standard InChI is InChI=1S/C17H20N4O5S/c1-25-14-10-15(26-2)19-16(18-14)20-17(22)21-27(23,24)13-9-5-7-11-6-3-4-8-12(11)13/h5,7,9-10H,3-4,6,8H2,1-2H3,(H2,18,19,20,21,22). The van der Waals surface area contributed by atoms with Gasteiger partial charge in [-0.15, -0.1) is 0 Å². The molecule has 0 spiro atoms. The lowest BCUT2D eigenvalue weighted by Gasteiger charge is -2.19. The molecule has 2 aromatic rings. The number of methoxy groups -OCH3 is 2. The predicted molar refractivity (Wildman–Crippen MR) is 97.6 cm³/mol. The fourth-order valence-corrected chi connectivity index (χ4v) is 4.19. The quantitative estimate of drug-likeness (QED) is 0.797. The van der Waals surface area contributed by atoms with Gasteiger partial charge in [-0.3, -0.25) is 5.32 Å². The number of ether oxygens (including phenoxy) is 2. The topological polar surface area (TPSA) is 120 Å². The summed E-state index contributed by atoms with van der Waals surface area (Å²) < 4.78 is 37.4. The zero-order valence-electron chi connectivity index (χ0n) is 15.0. The smallest absolute Gasteiger partial charge is 0.335 e. The maximum atomic E-state index is 12.7. The minimum absolute atomic E-state index is 0.124. The number of fused-ring (bicyclic) bond motifs is 1. The van der Waals surface area contributed by atoms with Crippen molar-refractivity contribution in [2.45, 2.75) is 30.6 Å². The number of anilines is 1. The van der Waals surface area contributed by atoms with Gasteiger partial charge in [-0.05, 0) is 42.9 Å². The molecule has 10 heteroatoms. The third-order valence-corrected chi connectivity index (χ3v) is 5.61. The van der Waals surface area contributed by atoms with Crippen LogP contribution in [0.15, 0.2) is 29.2 Å². The third kappa shape index (κ3) is 4.27. The van der Waals surface area contributed by atoms with Crippen molar-refractivity contribution in [3.63, 3.8) is 0 Å². The van der Waals surface area contributed by atoms with Gasteiger partial charge in [0.1, 0.15) is 0 Å². The van der Waals surface area contributed by atoms with Crippen LogP contribution in [0.4, 0.5) is 10.7 Å². The van der Waals surface area contributed by atoms with Crippen LogP contribution in [0.5, 0.6) is 11.8 Å². The Bertz CT molecular complexity index is 940. The van der Waals surface area contributed by atoms with Crippen molar-refractivity contribution in [1.82, 2.24) is 14.7 Å². The summed E-state index contributed by atoms with van der Waals surface area (Å²) in [6.45, 7) is 0. The molecule has 0 bridgehead atoms. The number of sulfonamides is 1. The fraction of sp³-hybridized carbons (Fsp3) is 0.353. The summed E-state index contributed by atoms with van der Waals surface area (Å²) in [5.41, 5.74) is 1.77. The number of nitrogens with one attached hydrogen (secondary N) is 2. The van der Waals surface area contributed by atoms with Gasteiger partial charge in [-0.2, -0.15) is 9.97 Å². The van der Waals surface area contributed by atoms with E-state index in [1.165, 1.54) is 26.4 Å². The van der Waals surface area contributed by atoms with Gasteiger partial charge >= 0.3 is 6.03 Å². The summed E-state index contributed by atoms with van der Waals surface area (Å²) >= 11 is 0. The molecule has 1 aliphatic rings. The number of aromatic nitrogens is 2. The van der Waals surface area contributed by atoms with Crippen LogP contribution in [-0.2, 0) is 22.9 Å². The van der Waals surface area contributed by atoms with Gasteiger partial charge in [0.15, 0.2) is 0 Å². The van der Waals surface area contributed by atoms with Crippen LogP contribution in [0.3, 0.4) is 0 Å². The van der Waals surface area contributed by atoms with Crippen LogP contribution in [-0.4, -0.2) is 38.6 Å². The summed E-state index contributed by atoms with van der Waals surface area (Å²) in [6.07, 6.45) is 3.45. The molecule has 0 aliphatic heterocycles. The predicted octanol–water partition coefficient (Wildman–Crippen LogP) is 1.88. The molecule has 0 saturated carbocycles. The Morgan fingerprint density at radius 2 is 1.74 bits per heavy atom. The molecule has 1 aromatic carbocycles. The SMILES string of the molecule is COc1cc(OC)nc(NC(=O)NS(=O)(=O)c2cccc3c2CCCC3)n1. The van der Waals surface area contributed by atoms with E-state index in [0.29, 0.717) is 6.42 Å². The first-order chi connectivity index (χ1) is 12.9. The molecule has 2 amide bonds. The van der Waals surface area contributed by atoms with Crippen molar-refractivity contribution in [2.75, 3.05) is 19.5 Å². The molecule has 144 valence electrons. The number of carbonyl (C=O) groups excluding carboxylic acids is 1. The summed E-state index contributed by atoms with van der Waals surface area (Å²) in [6, 6.07) is 5.57. The van der Waals surface area contributed by atoms with Crippen LogP contribution in [0.1, 0.15) is 24.0 Å². The molecule has 9 nitrogen and oxygen atoms in total. The second-order valence-electron chi connectivity index (χ2n) is 5.94. The zero-order valence-corrected chi connectivity index (χ0v) is 15.8. The molecule has 1 aromatic heterocycles. The highest BCUT2D eigenvalue weighted by atomic mass is 32.2. The summed E-state index contributed by atoms with van der Waals surface area (Å²) in [7, 11) is -1.24. The van der Waals surface area contributed by atoms with Crippen LogP contribution >= 0.6 is 0 Å². The van der Waals surface area contributed by atoms with E-state index in [2.05, 4.69) is 15.3 Å². The number of hydrogen-bond donors (Lipinski definition) is 2. The number of aryl methyl sites for hydroxylation is 1. The summed E-state index contributed by atoms with van der Waals surface area (Å²) in [4.78, 5) is 20.2. The molecule has 27 heavy (non-hydrogen) atoms. The van der Waals surface area contributed by atoms with Crippen molar-refractivity contribution in [1.29, 1.82) is 0 Å². The van der Waals surface area contributed by atoms with Crippen molar-refractivity contribution >= 4 is 22.0 Å². The van der Waals surface area contributed by atoms with Crippen LogP contribution in [0.2, 0.25) is 0 Å². The van der Waals surface area contributed by atoms with Crippen molar-refractivity contribution in [3.05, 3.63) is 35.4 Å². The number of carbonyl (C=O) groups is 1. The van der Waals surface area contributed by atoms with Gasteiger partial charge in [0.2, 0.25) is 17.7 Å². The number of urea groups is 1. The molecule has 0 unspecified atom stereocenters. The van der Waals surface area contributed by atoms with Gasteiger partial charge in [0.25, 0.3) is 10.0 Å². The average molecular weight is 392 g/mol. The average Bonchev–Trinajstić information content (AvgIpc) is 2.66. The van der Waals surface area contributed by atoms with Gasteiger partial charge < -0.3 is 9.47 Å². The number of hydrogen-bond acceptors (Lipinski definition) is 7. The highest BCUT2D eigenvalue weighted by Gasteiger charge is 2.24. The van der Waals surface area contributed by atoms with Gasteiger partial charge in [-0.25, -0.2) is 17.9 Å². The number of amides is 2. The number of nitrogens with zero attached hydrogens (tertiary/aromatic N) is 2. The lowest BCUT2D eigenvalue weighted by molar-refractivity contribution is 0.256. The molecular formula is C17H20N4O5S. The zero-order chi connectivity index (χ0) is 19.4. The van der Waals surface area contributed by atoms with E-state index < -0.39 is 16.1 Å². The molecule has 3 rings (SSSR count). The molecule has 0 saturated heterocycles. The van der Waals surface area contributed by atoms with Crippen molar-refractivity contribution < 1.29 is 22.7 Å². The Morgan fingerprint density at radius 3 is 2.41 bits per heavy atom. The highest BCUT2D eigenvalue weighted by molar-refractivity contribution is 7.90. The minimum Gasteiger partial charge on any atom is -0.481 e. The molecule has 0 fully saturated rings. The van der Waals surface area contributed by atoms with E-state index in [1.54, 1.807) is 6.07 Å². The van der Waals surface area contributed by atoms with Crippen molar-refractivity contribution in [2.24, 2.45) is 0 Å². The van der Waals surface area contributed by atoms with E-state index >= 15 is 0 Å². The number of benzene rings is 1. The Balaban J connectivity index is 1.80. The second-order valence-corrected chi connectivity index (χ2v) is 7.59. The highest BCUT2D eigenvalue weighted by Crippen LogP contribution is 2.27.